The lowest BCUT2D eigenvalue weighted by molar-refractivity contribution is 0.0999. The standard InChI is InChI=1S/C15H15N7OS.C8H10O/c1-7-5-9(3-4-10(7)13(17)23)19-15-18-6-11(12(16)20-15)14-22-21-8(2)24-14;9-7-6-8-4-2-1-3-5-8/h3-6H,1-2H3,(H2,17,23)(H3,16,18,19,20);1-5,9H,6-7H2. The lowest BCUT2D eigenvalue weighted by atomic mass is 10.1. The summed E-state index contributed by atoms with van der Waals surface area (Å²) in [5, 5.41) is 21.1. The van der Waals surface area contributed by atoms with E-state index < -0.39 is 5.91 Å². The molecular formula is C23H25N7O2S. The van der Waals surface area contributed by atoms with Gasteiger partial charge in [0.25, 0.3) is 0 Å². The van der Waals surface area contributed by atoms with Crippen LogP contribution in [0.15, 0.2) is 54.7 Å². The van der Waals surface area contributed by atoms with Crippen LogP contribution < -0.4 is 16.8 Å². The number of amides is 1. The SMILES string of the molecule is Cc1nnc(-c2cnc(Nc3ccc(C(N)=O)c(C)c3)nc2N)s1.OCCc1ccccc1. The number of aliphatic hydroxyl groups excluding tert-OH is 1. The van der Waals surface area contributed by atoms with Gasteiger partial charge in [-0.2, -0.15) is 4.98 Å². The van der Waals surface area contributed by atoms with Crippen LogP contribution in [-0.2, 0) is 6.42 Å². The van der Waals surface area contributed by atoms with Crippen molar-refractivity contribution in [1.82, 2.24) is 20.2 Å². The quantitative estimate of drug-likeness (QED) is 0.340. The number of aryl methyl sites for hydroxylation is 2. The Kier molecular flexibility index (Phi) is 8.01. The van der Waals surface area contributed by atoms with Gasteiger partial charge in [0.15, 0.2) is 5.01 Å². The number of primary amides is 1. The summed E-state index contributed by atoms with van der Waals surface area (Å²) in [5.74, 6) is 0.203. The van der Waals surface area contributed by atoms with E-state index >= 15 is 0 Å². The maximum atomic E-state index is 11.3. The summed E-state index contributed by atoms with van der Waals surface area (Å²) in [6.07, 6.45) is 2.37. The van der Waals surface area contributed by atoms with Gasteiger partial charge in [-0.1, -0.05) is 41.7 Å². The van der Waals surface area contributed by atoms with Gasteiger partial charge in [0.05, 0.1) is 5.56 Å². The van der Waals surface area contributed by atoms with Crippen molar-refractivity contribution in [3.05, 3.63) is 76.4 Å². The first-order chi connectivity index (χ1) is 15.9. The summed E-state index contributed by atoms with van der Waals surface area (Å²) in [5.41, 5.74) is 15.1. The average Bonchev–Trinajstić information content (AvgIpc) is 3.21. The summed E-state index contributed by atoms with van der Waals surface area (Å²) in [4.78, 5) is 19.8. The highest BCUT2D eigenvalue weighted by Crippen LogP contribution is 2.28. The summed E-state index contributed by atoms with van der Waals surface area (Å²) >= 11 is 1.42. The van der Waals surface area contributed by atoms with Gasteiger partial charge in [-0.05, 0) is 49.6 Å². The first kappa shape index (κ1) is 23.8. The smallest absolute Gasteiger partial charge is 0.248 e. The van der Waals surface area contributed by atoms with Crippen molar-refractivity contribution in [2.24, 2.45) is 5.73 Å². The molecule has 0 unspecified atom stereocenters. The predicted molar refractivity (Wildman–Crippen MR) is 130 cm³/mol. The third kappa shape index (κ3) is 6.55. The van der Waals surface area contributed by atoms with Gasteiger partial charge >= 0.3 is 0 Å². The number of carbonyl (C=O) groups is 1. The van der Waals surface area contributed by atoms with Crippen LogP contribution in [0.2, 0.25) is 0 Å². The summed E-state index contributed by atoms with van der Waals surface area (Å²) in [6.45, 7) is 3.91. The van der Waals surface area contributed by atoms with Gasteiger partial charge in [-0.15, -0.1) is 10.2 Å². The fourth-order valence-electron chi connectivity index (χ4n) is 2.95. The maximum absolute atomic E-state index is 11.3. The number of aliphatic hydroxyl groups is 1. The first-order valence-corrected chi connectivity index (χ1v) is 10.9. The van der Waals surface area contributed by atoms with E-state index in [0.717, 1.165) is 22.7 Å². The Morgan fingerprint density at radius 3 is 2.45 bits per heavy atom. The van der Waals surface area contributed by atoms with Gasteiger partial charge < -0.3 is 21.9 Å². The number of nitrogens with two attached hydrogens (primary N) is 2. The minimum atomic E-state index is -0.462. The molecular weight excluding hydrogens is 438 g/mol. The van der Waals surface area contributed by atoms with E-state index in [1.807, 2.05) is 37.3 Å². The lowest BCUT2D eigenvalue weighted by Crippen LogP contribution is -2.12. The number of aromatic nitrogens is 4. The topological polar surface area (TPSA) is 153 Å². The molecule has 2 aromatic carbocycles. The number of nitrogens with one attached hydrogen (secondary N) is 1. The minimum Gasteiger partial charge on any atom is -0.396 e. The molecule has 4 aromatic rings. The normalized spacial score (nSPS) is 10.3. The Balaban J connectivity index is 0.000000286. The summed E-state index contributed by atoms with van der Waals surface area (Å²) in [7, 11) is 0. The van der Waals surface area contributed by atoms with Gasteiger partial charge in [-0.3, -0.25) is 4.79 Å². The number of benzene rings is 2. The number of carbonyl (C=O) groups excluding carboxylic acids is 1. The second-order valence-electron chi connectivity index (χ2n) is 7.10. The maximum Gasteiger partial charge on any atom is 0.248 e. The Morgan fingerprint density at radius 1 is 1.12 bits per heavy atom. The van der Waals surface area contributed by atoms with Crippen molar-refractivity contribution >= 4 is 34.7 Å². The molecule has 4 rings (SSSR count). The monoisotopic (exact) mass is 463 g/mol. The summed E-state index contributed by atoms with van der Waals surface area (Å²) in [6, 6.07) is 15.1. The highest BCUT2D eigenvalue weighted by molar-refractivity contribution is 7.14. The highest BCUT2D eigenvalue weighted by atomic mass is 32.1. The summed E-state index contributed by atoms with van der Waals surface area (Å²) < 4.78 is 0. The van der Waals surface area contributed by atoms with Crippen molar-refractivity contribution in [1.29, 1.82) is 0 Å². The third-order valence-electron chi connectivity index (χ3n) is 4.57. The van der Waals surface area contributed by atoms with Crippen molar-refractivity contribution in [2.45, 2.75) is 20.3 Å². The van der Waals surface area contributed by atoms with Gasteiger partial charge in [0, 0.05) is 24.1 Å². The molecule has 0 saturated heterocycles. The molecule has 2 heterocycles. The molecule has 0 aliphatic heterocycles. The molecule has 0 spiro atoms. The molecule has 0 aliphatic rings. The van der Waals surface area contributed by atoms with Crippen LogP contribution >= 0.6 is 11.3 Å². The van der Waals surface area contributed by atoms with Crippen LogP contribution in [-0.4, -0.2) is 37.8 Å². The zero-order valence-electron chi connectivity index (χ0n) is 18.3. The van der Waals surface area contributed by atoms with E-state index in [9.17, 15) is 4.79 Å². The molecule has 0 radical (unpaired) electrons. The van der Waals surface area contributed by atoms with Crippen LogP contribution in [0.5, 0.6) is 0 Å². The van der Waals surface area contributed by atoms with Crippen LogP contribution in [0.4, 0.5) is 17.5 Å². The fourth-order valence-corrected chi connectivity index (χ4v) is 3.66. The third-order valence-corrected chi connectivity index (χ3v) is 5.44. The van der Waals surface area contributed by atoms with Crippen LogP contribution in [0, 0.1) is 13.8 Å². The molecule has 33 heavy (non-hydrogen) atoms. The number of hydrogen-bond donors (Lipinski definition) is 4. The average molecular weight is 464 g/mol. The van der Waals surface area contributed by atoms with Crippen molar-refractivity contribution in [3.63, 3.8) is 0 Å². The van der Waals surface area contributed by atoms with Crippen LogP contribution in [0.25, 0.3) is 10.6 Å². The predicted octanol–water partition coefficient (Wildman–Crippen LogP) is 3.26. The van der Waals surface area contributed by atoms with E-state index in [0.29, 0.717) is 27.9 Å². The molecule has 0 aliphatic carbocycles. The molecule has 6 N–H and O–H groups in total. The molecule has 170 valence electrons. The second kappa shape index (κ2) is 11.1. The van der Waals surface area contributed by atoms with Gasteiger partial charge in [0.2, 0.25) is 11.9 Å². The van der Waals surface area contributed by atoms with Gasteiger partial charge in [-0.25, -0.2) is 4.98 Å². The molecule has 9 nitrogen and oxygen atoms in total. The Bertz CT molecular complexity index is 1230. The molecule has 0 saturated carbocycles. The Labute approximate surface area is 195 Å². The zero-order chi connectivity index (χ0) is 23.8. The van der Waals surface area contributed by atoms with E-state index in [2.05, 4.69) is 25.5 Å². The first-order valence-electron chi connectivity index (χ1n) is 10.1. The van der Waals surface area contributed by atoms with Crippen LogP contribution in [0.1, 0.15) is 26.5 Å². The Hall–Kier alpha value is -3.89. The van der Waals surface area contributed by atoms with E-state index in [-0.39, 0.29) is 6.61 Å². The molecule has 0 bridgehead atoms. The number of rotatable bonds is 6. The molecule has 1 amide bonds. The molecule has 10 heteroatoms. The lowest BCUT2D eigenvalue weighted by Gasteiger charge is -2.09. The number of hydrogen-bond acceptors (Lipinski definition) is 9. The van der Waals surface area contributed by atoms with E-state index in [4.69, 9.17) is 16.6 Å². The Morgan fingerprint density at radius 2 is 1.88 bits per heavy atom. The second-order valence-corrected chi connectivity index (χ2v) is 8.28. The van der Waals surface area contributed by atoms with Crippen molar-refractivity contribution in [2.75, 3.05) is 17.7 Å². The van der Waals surface area contributed by atoms with Crippen molar-refractivity contribution < 1.29 is 9.90 Å². The highest BCUT2D eigenvalue weighted by Gasteiger charge is 2.12. The number of nitrogens with zero attached hydrogens (tertiary/aromatic N) is 4. The van der Waals surface area contributed by atoms with E-state index in [1.165, 1.54) is 16.9 Å². The van der Waals surface area contributed by atoms with Crippen molar-refractivity contribution in [3.8, 4) is 10.6 Å². The van der Waals surface area contributed by atoms with Gasteiger partial charge in [0.1, 0.15) is 10.8 Å². The zero-order valence-corrected chi connectivity index (χ0v) is 19.1. The molecule has 2 aromatic heterocycles. The molecule has 0 fully saturated rings. The minimum absolute atomic E-state index is 0.240. The van der Waals surface area contributed by atoms with Crippen LogP contribution in [0.3, 0.4) is 0 Å². The largest absolute Gasteiger partial charge is 0.396 e. The fraction of sp³-hybridized carbons (Fsp3) is 0.174. The number of nitrogen functional groups attached to an aromatic ring is 1. The number of anilines is 3. The molecule has 0 atom stereocenters. The van der Waals surface area contributed by atoms with E-state index in [1.54, 1.807) is 31.3 Å².